The number of thioether (sulfide) groups is 1. The van der Waals surface area contributed by atoms with E-state index in [-0.39, 0.29) is 17.2 Å². The Balaban J connectivity index is 1.60. The Morgan fingerprint density at radius 1 is 1.36 bits per heavy atom. The van der Waals surface area contributed by atoms with Crippen LogP contribution in [0.2, 0.25) is 0 Å². The van der Waals surface area contributed by atoms with Crippen LogP contribution in [0, 0.1) is 0 Å². The number of anilines is 1. The number of unbranched alkanes of at least 4 members (excludes halogenated alkanes) is 2. The van der Waals surface area contributed by atoms with Crippen LogP contribution < -0.4 is 10.9 Å². The molecule has 0 bridgehead atoms. The number of hydrogen-bond donors (Lipinski definition) is 1. The first kappa shape index (κ1) is 19.6. The summed E-state index contributed by atoms with van der Waals surface area (Å²) in [5.41, 5.74) is 1.27. The van der Waals surface area contributed by atoms with Crippen LogP contribution >= 0.6 is 34.4 Å². The maximum absolute atomic E-state index is 13.3. The third kappa shape index (κ3) is 4.01. The number of aryl methyl sites for hydroxylation is 2. The molecule has 4 rings (SSSR count). The maximum atomic E-state index is 13.3. The van der Waals surface area contributed by atoms with Gasteiger partial charge in [0.15, 0.2) is 10.3 Å². The van der Waals surface area contributed by atoms with Crippen molar-refractivity contribution in [2.45, 2.75) is 57.1 Å². The molecule has 1 amide bonds. The number of amides is 1. The van der Waals surface area contributed by atoms with Crippen molar-refractivity contribution in [1.82, 2.24) is 14.5 Å². The lowest BCUT2D eigenvalue weighted by Gasteiger charge is -2.12. The second kappa shape index (κ2) is 8.75. The molecule has 0 spiro atoms. The molecule has 0 radical (unpaired) electrons. The predicted octanol–water partition coefficient (Wildman–Crippen LogP) is 4.32. The molecule has 0 aromatic carbocycles. The van der Waals surface area contributed by atoms with Crippen molar-refractivity contribution >= 4 is 55.7 Å². The lowest BCUT2D eigenvalue weighted by molar-refractivity contribution is -0.113. The summed E-state index contributed by atoms with van der Waals surface area (Å²) in [7, 11) is 0. The number of aromatic nitrogens is 3. The van der Waals surface area contributed by atoms with E-state index < -0.39 is 0 Å². The van der Waals surface area contributed by atoms with Crippen molar-refractivity contribution < 1.29 is 4.79 Å². The van der Waals surface area contributed by atoms with Gasteiger partial charge in [0.2, 0.25) is 5.91 Å². The van der Waals surface area contributed by atoms with Crippen molar-refractivity contribution in [3.05, 3.63) is 32.4 Å². The molecule has 0 aliphatic heterocycles. The molecule has 3 aromatic rings. The highest BCUT2D eigenvalue weighted by molar-refractivity contribution is 7.99. The van der Waals surface area contributed by atoms with Crippen molar-refractivity contribution in [3.8, 4) is 0 Å². The van der Waals surface area contributed by atoms with Crippen LogP contribution in [0.25, 0.3) is 10.2 Å². The van der Waals surface area contributed by atoms with Crippen LogP contribution in [0.1, 0.15) is 43.0 Å². The Morgan fingerprint density at radius 3 is 3.04 bits per heavy atom. The molecular weight excluding hydrogens is 412 g/mol. The van der Waals surface area contributed by atoms with Crippen molar-refractivity contribution in [2.24, 2.45) is 0 Å². The number of fused-ring (bicyclic) bond motifs is 3. The van der Waals surface area contributed by atoms with Gasteiger partial charge in [-0.15, -0.1) is 22.7 Å². The lowest BCUT2D eigenvalue weighted by Crippen LogP contribution is -2.24. The van der Waals surface area contributed by atoms with Gasteiger partial charge in [0, 0.05) is 23.0 Å². The molecule has 0 saturated carbocycles. The summed E-state index contributed by atoms with van der Waals surface area (Å²) in [5, 5.41) is 6.64. The number of nitrogens with one attached hydrogen (secondary N) is 1. The van der Waals surface area contributed by atoms with Crippen LogP contribution in [0.3, 0.4) is 0 Å². The highest BCUT2D eigenvalue weighted by atomic mass is 32.2. The van der Waals surface area contributed by atoms with Gasteiger partial charge in [0.1, 0.15) is 4.83 Å². The van der Waals surface area contributed by atoms with Gasteiger partial charge in [-0.1, -0.05) is 31.5 Å². The second-order valence-corrected chi connectivity index (χ2v) is 9.69. The van der Waals surface area contributed by atoms with Crippen LogP contribution in [-0.2, 0) is 24.2 Å². The summed E-state index contributed by atoms with van der Waals surface area (Å²) < 4.78 is 1.78. The van der Waals surface area contributed by atoms with Gasteiger partial charge in [-0.05, 0) is 31.2 Å². The van der Waals surface area contributed by atoms with Crippen molar-refractivity contribution in [3.63, 3.8) is 0 Å². The van der Waals surface area contributed by atoms with Gasteiger partial charge in [0.25, 0.3) is 5.56 Å². The third-order valence-corrected chi connectivity index (χ3v) is 7.64. The highest BCUT2D eigenvalue weighted by Crippen LogP contribution is 2.35. The number of thiazole rings is 1. The highest BCUT2D eigenvalue weighted by Gasteiger charge is 2.23. The minimum absolute atomic E-state index is 0.0586. The summed E-state index contributed by atoms with van der Waals surface area (Å²) in [6.07, 6.45) is 7.91. The van der Waals surface area contributed by atoms with E-state index in [1.54, 1.807) is 22.1 Å². The Labute approximate surface area is 175 Å². The first-order valence-corrected chi connectivity index (χ1v) is 12.2. The van der Waals surface area contributed by atoms with Gasteiger partial charge >= 0.3 is 0 Å². The largest absolute Gasteiger partial charge is 0.301 e. The SMILES string of the molecule is CCCCCn1c(SCC(=O)Nc2nccs2)nc2sc3c(c2c1=O)CCC3. The molecule has 0 saturated heterocycles. The first-order valence-electron chi connectivity index (χ1n) is 9.54. The van der Waals surface area contributed by atoms with Gasteiger partial charge in [0.05, 0.1) is 11.1 Å². The number of carbonyl (C=O) groups excluding carboxylic acids is 1. The fraction of sp³-hybridized carbons (Fsp3) is 0.474. The van der Waals surface area contributed by atoms with Crippen molar-refractivity contribution in [2.75, 3.05) is 11.1 Å². The summed E-state index contributed by atoms with van der Waals surface area (Å²) in [4.78, 5) is 36.5. The fourth-order valence-electron chi connectivity index (χ4n) is 3.46. The summed E-state index contributed by atoms with van der Waals surface area (Å²) in [5.74, 6) is 0.0687. The minimum Gasteiger partial charge on any atom is -0.301 e. The quantitative estimate of drug-likeness (QED) is 0.324. The molecule has 148 valence electrons. The average molecular weight is 435 g/mol. The van der Waals surface area contributed by atoms with E-state index >= 15 is 0 Å². The summed E-state index contributed by atoms with van der Waals surface area (Å²) in [6.45, 7) is 2.80. The number of hydrogen-bond acceptors (Lipinski definition) is 7. The zero-order valence-electron chi connectivity index (χ0n) is 15.7. The van der Waals surface area contributed by atoms with E-state index in [4.69, 9.17) is 4.98 Å². The first-order chi connectivity index (χ1) is 13.7. The van der Waals surface area contributed by atoms with E-state index in [9.17, 15) is 9.59 Å². The molecule has 1 aliphatic rings. The zero-order chi connectivity index (χ0) is 19.5. The number of nitrogens with zero attached hydrogens (tertiary/aromatic N) is 3. The maximum Gasteiger partial charge on any atom is 0.263 e. The molecular formula is C19H22N4O2S3. The van der Waals surface area contributed by atoms with Crippen molar-refractivity contribution in [1.29, 1.82) is 0 Å². The van der Waals surface area contributed by atoms with Crippen LogP contribution in [-0.4, -0.2) is 26.2 Å². The van der Waals surface area contributed by atoms with Gasteiger partial charge in [-0.2, -0.15) is 0 Å². The Hall–Kier alpha value is -1.71. The molecule has 0 fully saturated rings. The predicted molar refractivity (Wildman–Crippen MR) is 117 cm³/mol. The van der Waals surface area contributed by atoms with E-state index in [0.717, 1.165) is 48.7 Å². The van der Waals surface area contributed by atoms with E-state index in [1.165, 1.54) is 33.5 Å². The van der Waals surface area contributed by atoms with E-state index in [0.29, 0.717) is 16.8 Å². The molecule has 28 heavy (non-hydrogen) atoms. The standard InChI is InChI=1S/C19H22N4O2S3/c1-2-3-4-9-23-17(25)15-12-6-5-7-13(12)28-16(15)22-19(23)27-11-14(24)21-18-20-8-10-26-18/h8,10H,2-7,9,11H2,1H3,(H,20,21,24). The lowest BCUT2D eigenvalue weighted by atomic mass is 10.2. The topological polar surface area (TPSA) is 76.9 Å². The van der Waals surface area contributed by atoms with E-state index in [2.05, 4.69) is 17.2 Å². The Bertz CT molecular complexity index is 1040. The molecule has 3 aromatic heterocycles. The fourth-order valence-corrected chi connectivity index (χ4v) is 6.13. The van der Waals surface area contributed by atoms with Gasteiger partial charge in [-0.3, -0.25) is 14.2 Å². The smallest absolute Gasteiger partial charge is 0.263 e. The van der Waals surface area contributed by atoms with Crippen LogP contribution in [0.15, 0.2) is 21.5 Å². The Morgan fingerprint density at radius 2 is 2.25 bits per heavy atom. The van der Waals surface area contributed by atoms with Gasteiger partial charge in [-0.25, -0.2) is 9.97 Å². The van der Waals surface area contributed by atoms with Gasteiger partial charge < -0.3 is 5.32 Å². The Kier molecular flexibility index (Phi) is 6.13. The second-order valence-electron chi connectivity index (χ2n) is 6.77. The monoisotopic (exact) mass is 434 g/mol. The third-order valence-electron chi connectivity index (χ3n) is 4.79. The number of thiophene rings is 1. The molecule has 0 atom stereocenters. The normalized spacial score (nSPS) is 13.2. The summed E-state index contributed by atoms with van der Waals surface area (Å²) >= 11 is 4.36. The minimum atomic E-state index is -0.136. The molecule has 3 heterocycles. The average Bonchev–Trinajstić information content (AvgIpc) is 3.39. The van der Waals surface area contributed by atoms with Crippen LogP contribution in [0.4, 0.5) is 5.13 Å². The summed E-state index contributed by atoms with van der Waals surface area (Å²) in [6, 6.07) is 0. The molecule has 9 heteroatoms. The van der Waals surface area contributed by atoms with E-state index in [1.807, 2.05) is 5.38 Å². The molecule has 1 aliphatic carbocycles. The molecule has 1 N–H and O–H groups in total. The van der Waals surface area contributed by atoms with Crippen LogP contribution in [0.5, 0.6) is 0 Å². The molecule has 0 unspecified atom stereocenters. The number of rotatable bonds is 8. The zero-order valence-corrected chi connectivity index (χ0v) is 18.1. The number of carbonyl (C=O) groups is 1. The molecule has 6 nitrogen and oxygen atoms in total.